The Morgan fingerprint density at radius 2 is 1.67 bits per heavy atom. The van der Waals surface area contributed by atoms with Gasteiger partial charge in [0.1, 0.15) is 5.50 Å². The smallest absolute Gasteiger partial charge is 0.145 e. The van der Waals surface area contributed by atoms with Gasteiger partial charge in [-0.1, -0.05) is 54.1 Å². The van der Waals surface area contributed by atoms with Gasteiger partial charge in [-0.3, -0.25) is 0 Å². The van der Waals surface area contributed by atoms with E-state index in [-0.39, 0.29) is 5.50 Å². The summed E-state index contributed by atoms with van der Waals surface area (Å²) < 4.78 is 2.57. The van der Waals surface area contributed by atoms with E-state index in [2.05, 4.69) is 47.8 Å². The number of aliphatic imine (C=N–C) groups is 1. The van der Waals surface area contributed by atoms with Crippen molar-refractivity contribution in [1.82, 2.24) is 0 Å². The number of thiophene rings is 1. The number of alkyl halides is 1. The molecule has 1 aromatic heterocycles. The zero-order valence-electron chi connectivity index (χ0n) is 12.7. The third-order valence-electron chi connectivity index (χ3n) is 4.34. The van der Waals surface area contributed by atoms with Crippen molar-refractivity contribution in [3.63, 3.8) is 0 Å². The lowest BCUT2D eigenvalue weighted by Crippen LogP contribution is -2.27. The van der Waals surface area contributed by atoms with Gasteiger partial charge < -0.3 is 5.32 Å². The number of hydrogen-bond donors (Lipinski definition) is 1. The maximum atomic E-state index is 6.54. The fourth-order valence-electron chi connectivity index (χ4n) is 3.18. The lowest BCUT2D eigenvalue weighted by atomic mass is 10.0. The maximum Gasteiger partial charge on any atom is 0.145 e. The van der Waals surface area contributed by atoms with Crippen molar-refractivity contribution < 1.29 is 0 Å². The van der Waals surface area contributed by atoms with Gasteiger partial charge in [0.15, 0.2) is 0 Å². The molecule has 4 aromatic rings. The van der Waals surface area contributed by atoms with Gasteiger partial charge in [0.2, 0.25) is 0 Å². The van der Waals surface area contributed by atoms with Crippen molar-refractivity contribution >= 4 is 60.2 Å². The molecule has 0 bridgehead atoms. The molecule has 116 valence electrons. The first-order valence-electron chi connectivity index (χ1n) is 7.79. The summed E-state index contributed by atoms with van der Waals surface area (Å²) in [6.45, 7) is 0. The highest BCUT2D eigenvalue weighted by Gasteiger charge is 2.22. The van der Waals surface area contributed by atoms with Crippen LogP contribution in [0.3, 0.4) is 0 Å². The van der Waals surface area contributed by atoms with Gasteiger partial charge in [0, 0.05) is 25.7 Å². The Kier molecular flexibility index (Phi) is 3.12. The molecule has 0 saturated heterocycles. The van der Waals surface area contributed by atoms with Gasteiger partial charge in [-0.15, -0.1) is 11.3 Å². The van der Waals surface area contributed by atoms with Gasteiger partial charge in [-0.05, 0) is 24.3 Å². The number of para-hydroxylation sites is 2. The standard InChI is InChI=1S/C20H13ClN2S/c21-20-19(22-15-6-2-3-7-16(15)23-20)12-9-10-14-13-5-1-4-8-17(13)24-18(14)11-12/h1-11,20,23H. The Morgan fingerprint density at radius 1 is 0.875 bits per heavy atom. The Balaban J connectivity index is 1.69. The van der Waals surface area contributed by atoms with Crippen LogP contribution in [0.4, 0.5) is 11.4 Å². The molecule has 4 heteroatoms. The lowest BCUT2D eigenvalue weighted by Gasteiger charge is -2.22. The number of fused-ring (bicyclic) bond motifs is 4. The molecule has 1 aliphatic heterocycles. The monoisotopic (exact) mass is 348 g/mol. The van der Waals surface area contributed by atoms with E-state index >= 15 is 0 Å². The zero-order chi connectivity index (χ0) is 16.1. The third-order valence-corrected chi connectivity index (χ3v) is 5.79. The molecule has 0 saturated carbocycles. The largest absolute Gasteiger partial charge is 0.363 e. The van der Waals surface area contributed by atoms with Crippen LogP contribution in [-0.4, -0.2) is 11.2 Å². The normalized spacial score (nSPS) is 16.7. The van der Waals surface area contributed by atoms with Gasteiger partial charge in [-0.2, -0.15) is 0 Å². The van der Waals surface area contributed by atoms with E-state index in [1.807, 2.05) is 35.6 Å². The summed E-state index contributed by atoms with van der Waals surface area (Å²) in [7, 11) is 0. The first-order valence-corrected chi connectivity index (χ1v) is 9.05. The highest BCUT2D eigenvalue weighted by Crippen LogP contribution is 2.36. The summed E-state index contributed by atoms with van der Waals surface area (Å²) in [5, 5.41) is 5.91. The summed E-state index contributed by atoms with van der Waals surface area (Å²) >= 11 is 8.34. The molecule has 2 heterocycles. The van der Waals surface area contributed by atoms with Crippen LogP contribution in [-0.2, 0) is 0 Å². The maximum absolute atomic E-state index is 6.54. The van der Waals surface area contributed by atoms with Gasteiger partial charge in [-0.25, -0.2) is 4.99 Å². The molecule has 24 heavy (non-hydrogen) atoms. The summed E-state index contributed by atoms with van der Waals surface area (Å²) in [5.41, 5.74) is 3.52. The Hall–Kier alpha value is -2.36. The van der Waals surface area contributed by atoms with Gasteiger partial charge in [0.05, 0.1) is 17.1 Å². The fourth-order valence-corrected chi connectivity index (χ4v) is 4.62. The van der Waals surface area contributed by atoms with Crippen molar-refractivity contribution in [3.05, 3.63) is 72.3 Å². The Morgan fingerprint density at radius 3 is 2.62 bits per heavy atom. The van der Waals surface area contributed by atoms with Crippen LogP contribution >= 0.6 is 22.9 Å². The van der Waals surface area contributed by atoms with Crippen LogP contribution in [0.25, 0.3) is 20.2 Å². The van der Waals surface area contributed by atoms with E-state index in [9.17, 15) is 0 Å². The minimum absolute atomic E-state index is 0.327. The third kappa shape index (κ3) is 2.13. The second-order valence-corrected chi connectivity index (χ2v) is 7.35. The topological polar surface area (TPSA) is 24.4 Å². The van der Waals surface area contributed by atoms with E-state index in [0.29, 0.717) is 0 Å². The second-order valence-electron chi connectivity index (χ2n) is 5.83. The predicted molar refractivity (Wildman–Crippen MR) is 105 cm³/mol. The summed E-state index contributed by atoms with van der Waals surface area (Å²) in [6.07, 6.45) is 0. The first-order chi connectivity index (χ1) is 11.8. The molecule has 5 rings (SSSR count). The minimum Gasteiger partial charge on any atom is -0.363 e. The van der Waals surface area contributed by atoms with Crippen LogP contribution in [0.5, 0.6) is 0 Å². The highest BCUT2D eigenvalue weighted by atomic mass is 35.5. The average Bonchev–Trinajstić information content (AvgIpc) is 2.99. The molecule has 0 fully saturated rings. The van der Waals surface area contributed by atoms with Crippen molar-refractivity contribution in [1.29, 1.82) is 0 Å². The van der Waals surface area contributed by atoms with E-state index in [1.165, 1.54) is 20.2 Å². The average molecular weight is 349 g/mol. The number of nitrogens with one attached hydrogen (secondary N) is 1. The van der Waals surface area contributed by atoms with E-state index in [4.69, 9.17) is 16.6 Å². The number of halogens is 1. The van der Waals surface area contributed by atoms with Crippen molar-refractivity contribution in [3.8, 4) is 0 Å². The molecule has 1 unspecified atom stereocenters. The first kappa shape index (κ1) is 14.0. The quantitative estimate of drug-likeness (QED) is 0.323. The van der Waals surface area contributed by atoms with Crippen molar-refractivity contribution in [2.24, 2.45) is 4.99 Å². The molecular weight excluding hydrogens is 336 g/mol. The SMILES string of the molecule is ClC1Nc2ccccc2N=C1c1ccc2c(c1)sc1ccccc12. The van der Waals surface area contributed by atoms with Gasteiger partial charge in [0.25, 0.3) is 0 Å². The predicted octanol–water partition coefficient (Wildman–Crippen LogP) is 6.17. The number of hydrogen-bond acceptors (Lipinski definition) is 3. The van der Waals surface area contributed by atoms with Crippen LogP contribution in [0, 0.1) is 0 Å². The second kappa shape index (κ2) is 5.33. The van der Waals surface area contributed by atoms with Gasteiger partial charge >= 0.3 is 0 Å². The molecule has 0 aliphatic carbocycles. The molecule has 2 nitrogen and oxygen atoms in total. The summed E-state index contributed by atoms with van der Waals surface area (Å²) in [4.78, 5) is 4.78. The Bertz CT molecular complexity index is 1110. The lowest BCUT2D eigenvalue weighted by molar-refractivity contribution is 1.22. The zero-order valence-corrected chi connectivity index (χ0v) is 14.2. The molecule has 0 radical (unpaired) electrons. The molecule has 1 aliphatic rings. The number of anilines is 1. The van der Waals surface area contributed by atoms with E-state index < -0.39 is 0 Å². The van der Waals surface area contributed by atoms with E-state index in [0.717, 1.165) is 22.6 Å². The molecule has 0 spiro atoms. The molecule has 3 aromatic carbocycles. The Labute approximate surface area is 148 Å². The van der Waals surface area contributed by atoms with Crippen LogP contribution in [0.15, 0.2) is 71.7 Å². The van der Waals surface area contributed by atoms with Crippen molar-refractivity contribution in [2.45, 2.75) is 5.50 Å². The summed E-state index contributed by atoms with van der Waals surface area (Å²) in [5.74, 6) is 0. The van der Waals surface area contributed by atoms with Crippen molar-refractivity contribution in [2.75, 3.05) is 5.32 Å². The fraction of sp³-hybridized carbons (Fsp3) is 0.0500. The van der Waals surface area contributed by atoms with Crippen LogP contribution in [0.1, 0.15) is 5.56 Å². The molecular formula is C20H13ClN2S. The number of nitrogens with zero attached hydrogens (tertiary/aromatic N) is 1. The molecule has 1 atom stereocenters. The number of benzene rings is 3. The van der Waals surface area contributed by atoms with Crippen LogP contribution < -0.4 is 5.32 Å². The molecule has 0 amide bonds. The van der Waals surface area contributed by atoms with Crippen LogP contribution in [0.2, 0.25) is 0 Å². The summed E-state index contributed by atoms with van der Waals surface area (Å²) in [6, 6.07) is 23.0. The molecule has 1 N–H and O–H groups in total. The van der Waals surface area contributed by atoms with E-state index in [1.54, 1.807) is 0 Å². The number of rotatable bonds is 1. The minimum atomic E-state index is -0.327. The highest BCUT2D eigenvalue weighted by molar-refractivity contribution is 7.25.